The van der Waals surface area contributed by atoms with Gasteiger partial charge >= 0.3 is 0 Å². The van der Waals surface area contributed by atoms with Crippen LogP contribution in [0.2, 0.25) is 5.02 Å². The smallest absolute Gasteiger partial charge is 0.228 e. The summed E-state index contributed by atoms with van der Waals surface area (Å²) in [4.78, 5) is 18.1. The van der Waals surface area contributed by atoms with E-state index in [-0.39, 0.29) is 13.0 Å². The van der Waals surface area contributed by atoms with Crippen molar-refractivity contribution in [1.82, 2.24) is 4.98 Å². The number of primary amides is 1. The quantitative estimate of drug-likeness (QED) is 0.882. The number of anilines is 1. The summed E-state index contributed by atoms with van der Waals surface area (Å²) in [5.41, 5.74) is 5.71. The predicted molar refractivity (Wildman–Crippen MR) is 72.5 cm³/mol. The topological polar surface area (TPSA) is 68.5 Å². The predicted octanol–water partition coefficient (Wildman–Crippen LogP) is 0.937. The van der Waals surface area contributed by atoms with E-state index in [2.05, 4.69) is 4.98 Å². The molecule has 2 aliphatic heterocycles. The van der Waals surface area contributed by atoms with Gasteiger partial charge in [-0.3, -0.25) is 9.78 Å². The number of carbonyl (C=O) groups excluding carboxylic acids is 1. The van der Waals surface area contributed by atoms with E-state index in [4.69, 9.17) is 22.1 Å². The van der Waals surface area contributed by atoms with Crippen molar-refractivity contribution in [3.05, 3.63) is 23.0 Å². The second-order valence-corrected chi connectivity index (χ2v) is 5.67. The first kappa shape index (κ1) is 13.6. The monoisotopic (exact) mass is 299 g/mol. The number of morpholine rings is 1. The van der Waals surface area contributed by atoms with Crippen LogP contribution in [0.1, 0.15) is 5.69 Å². The minimum Gasteiger partial charge on any atom is -0.377 e. The molecule has 1 aromatic rings. The summed E-state index contributed by atoms with van der Waals surface area (Å²) < 4.78 is 19.1. The molecule has 0 aromatic carbocycles. The SMILES string of the molecule is NC(=O)C1(CF)Cc2ncc(Cl)cc2N2CCOCC21. The number of amides is 1. The summed E-state index contributed by atoms with van der Waals surface area (Å²) >= 11 is 5.99. The molecule has 7 heteroatoms. The van der Waals surface area contributed by atoms with Gasteiger partial charge < -0.3 is 15.4 Å². The first-order valence-electron chi connectivity index (χ1n) is 6.43. The Morgan fingerprint density at radius 3 is 3.20 bits per heavy atom. The van der Waals surface area contributed by atoms with Gasteiger partial charge in [-0.05, 0) is 6.07 Å². The fraction of sp³-hybridized carbons (Fsp3) is 0.538. The van der Waals surface area contributed by atoms with Crippen LogP contribution in [-0.2, 0) is 16.0 Å². The number of pyridine rings is 1. The van der Waals surface area contributed by atoms with E-state index >= 15 is 0 Å². The van der Waals surface area contributed by atoms with Gasteiger partial charge in [0, 0.05) is 19.2 Å². The first-order chi connectivity index (χ1) is 9.58. The van der Waals surface area contributed by atoms with Gasteiger partial charge in [0.2, 0.25) is 5.91 Å². The summed E-state index contributed by atoms with van der Waals surface area (Å²) in [7, 11) is 0. The van der Waals surface area contributed by atoms with Crippen LogP contribution in [0, 0.1) is 5.41 Å². The number of nitrogens with two attached hydrogens (primary N) is 1. The van der Waals surface area contributed by atoms with E-state index < -0.39 is 24.0 Å². The zero-order valence-electron chi connectivity index (χ0n) is 10.8. The molecule has 1 saturated heterocycles. The highest BCUT2D eigenvalue weighted by molar-refractivity contribution is 6.30. The van der Waals surface area contributed by atoms with Crippen molar-refractivity contribution in [2.24, 2.45) is 11.1 Å². The zero-order chi connectivity index (χ0) is 14.3. The maximum atomic E-state index is 13.7. The summed E-state index contributed by atoms with van der Waals surface area (Å²) in [5.74, 6) is -0.650. The van der Waals surface area contributed by atoms with Crippen molar-refractivity contribution in [2.75, 3.05) is 31.3 Å². The molecule has 2 atom stereocenters. The van der Waals surface area contributed by atoms with Crippen LogP contribution in [0.25, 0.3) is 0 Å². The molecule has 1 fully saturated rings. The van der Waals surface area contributed by atoms with E-state index in [9.17, 15) is 9.18 Å². The fourth-order valence-electron chi connectivity index (χ4n) is 3.06. The first-order valence-corrected chi connectivity index (χ1v) is 6.81. The number of hydrogen-bond acceptors (Lipinski definition) is 4. The Morgan fingerprint density at radius 1 is 1.70 bits per heavy atom. The number of rotatable bonds is 2. The number of nitrogens with zero attached hydrogens (tertiary/aromatic N) is 2. The lowest BCUT2D eigenvalue weighted by atomic mass is 9.72. The molecule has 1 amide bonds. The van der Waals surface area contributed by atoms with Crippen LogP contribution >= 0.6 is 11.6 Å². The van der Waals surface area contributed by atoms with Crippen LogP contribution in [0.5, 0.6) is 0 Å². The molecular weight excluding hydrogens is 285 g/mol. The average molecular weight is 300 g/mol. The standard InChI is InChI=1S/C13H15ClFN3O2/c14-8-3-10-9(17-5-8)4-13(7-15,12(16)19)11-6-20-2-1-18(10)11/h3,5,11H,1-2,4,6-7H2,(H2,16,19). The van der Waals surface area contributed by atoms with Crippen LogP contribution in [-0.4, -0.2) is 43.4 Å². The minimum absolute atomic E-state index is 0.176. The molecule has 1 aromatic heterocycles. The summed E-state index contributed by atoms with van der Waals surface area (Å²) in [6.45, 7) is 0.535. The zero-order valence-corrected chi connectivity index (χ0v) is 11.6. The maximum Gasteiger partial charge on any atom is 0.228 e. The normalized spacial score (nSPS) is 28.7. The lowest BCUT2D eigenvalue weighted by molar-refractivity contribution is -0.132. The molecule has 108 valence electrons. The molecule has 0 bridgehead atoms. The molecule has 0 radical (unpaired) electrons. The number of halogens is 2. The van der Waals surface area contributed by atoms with E-state index in [1.54, 1.807) is 6.07 Å². The Labute approximate surface area is 120 Å². The Balaban J connectivity index is 2.14. The number of carbonyl (C=O) groups is 1. The minimum atomic E-state index is -1.28. The molecule has 20 heavy (non-hydrogen) atoms. The van der Waals surface area contributed by atoms with Crippen LogP contribution in [0.4, 0.5) is 10.1 Å². The number of hydrogen-bond donors (Lipinski definition) is 1. The van der Waals surface area contributed by atoms with Crippen LogP contribution in [0.3, 0.4) is 0 Å². The number of ether oxygens (including phenoxy) is 1. The van der Waals surface area contributed by atoms with Crippen molar-refractivity contribution in [1.29, 1.82) is 0 Å². The van der Waals surface area contributed by atoms with Gasteiger partial charge in [-0.1, -0.05) is 11.6 Å². The van der Waals surface area contributed by atoms with Crippen molar-refractivity contribution < 1.29 is 13.9 Å². The van der Waals surface area contributed by atoms with E-state index in [0.717, 1.165) is 5.69 Å². The van der Waals surface area contributed by atoms with Crippen molar-refractivity contribution in [3.63, 3.8) is 0 Å². The lowest BCUT2D eigenvalue weighted by Crippen LogP contribution is -2.64. The van der Waals surface area contributed by atoms with Gasteiger partial charge in [-0.15, -0.1) is 0 Å². The van der Waals surface area contributed by atoms with Crippen LogP contribution in [0.15, 0.2) is 12.3 Å². The van der Waals surface area contributed by atoms with Crippen LogP contribution < -0.4 is 10.6 Å². The molecule has 3 rings (SSSR count). The summed E-state index contributed by atoms with van der Waals surface area (Å²) in [5, 5.41) is 0.515. The van der Waals surface area contributed by atoms with Crippen molar-refractivity contribution >= 4 is 23.2 Å². The Kier molecular flexibility index (Phi) is 3.30. The van der Waals surface area contributed by atoms with E-state index in [0.29, 0.717) is 23.9 Å². The third-order valence-corrected chi connectivity index (χ3v) is 4.41. The second kappa shape index (κ2) is 4.86. The third-order valence-electron chi connectivity index (χ3n) is 4.20. The van der Waals surface area contributed by atoms with Crippen molar-refractivity contribution in [3.8, 4) is 0 Å². The molecule has 2 unspecified atom stereocenters. The average Bonchev–Trinajstić information content (AvgIpc) is 2.46. The summed E-state index contributed by atoms with van der Waals surface area (Å²) in [6.07, 6.45) is 1.68. The van der Waals surface area contributed by atoms with Gasteiger partial charge in [0.15, 0.2) is 0 Å². The second-order valence-electron chi connectivity index (χ2n) is 5.23. The molecule has 5 nitrogen and oxygen atoms in total. The van der Waals surface area contributed by atoms with Gasteiger partial charge in [-0.25, -0.2) is 4.39 Å². The highest BCUT2D eigenvalue weighted by Crippen LogP contribution is 2.42. The Hall–Kier alpha value is -1.40. The molecule has 2 N–H and O–H groups in total. The lowest BCUT2D eigenvalue weighted by Gasteiger charge is -2.50. The highest BCUT2D eigenvalue weighted by Gasteiger charge is 2.52. The molecule has 2 aliphatic rings. The van der Waals surface area contributed by atoms with Gasteiger partial charge in [0.05, 0.1) is 35.7 Å². The van der Waals surface area contributed by atoms with Crippen molar-refractivity contribution in [2.45, 2.75) is 12.5 Å². The molecule has 0 saturated carbocycles. The van der Waals surface area contributed by atoms with Gasteiger partial charge in [-0.2, -0.15) is 0 Å². The molecule has 3 heterocycles. The largest absolute Gasteiger partial charge is 0.377 e. The fourth-order valence-corrected chi connectivity index (χ4v) is 3.21. The summed E-state index contributed by atoms with van der Waals surface area (Å²) in [6, 6.07) is 1.39. The Bertz CT molecular complexity index is 556. The molecule has 0 spiro atoms. The molecular formula is C13H15ClFN3O2. The number of aromatic nitrogens is 1. The number of alkyl halides is 1. The van der Waals surface area contributed by atoms with Gasteiger partial charge in [0.1, 0.15) is 12.1 Å². The Morgan fingerprint density at radius 2 is 2.50 bits per heavy atom. The molecule has 0 aliphatic carbocycles. The maximum absolute atomic E-state index is 13.7. The highest BCUT2D eigenvalue weighted by atomic mass is 35.5. The third kappa shape index (κ3) is 1.86. The van der Waals surface area contributed by atoms with E-state index in [1.807, 2.05) is 4.90 Å². The number of fused-ring (bicyclic) bond motifs is 3. The van der Waals surface area contributed by atoms with Gasteiger partial charge in [0.25, 0.3) is 0 Å². The van der Waals surface area contributed by atoms with E-state index in [1.165, 1.54) is 6.20 Å².